The summed E-state index contributed by atoms with van der Waals surface area (Å²) in [6, 6.07) is 72.3. The SMILES string of the molecule is c1ccc(-c2ccc(-c3ccccc3)c(-c3cnc(-n4c5ccccc5c5c6sc7ccccc7c6ccc54)c(-c4nc(-c5ccccc5)nc(-c5ccccc5)n4)c3)c2)cc1. The van der Waals surface area contributed by atoms with Crippen molar-refractivity contribution in [2.24, 2.45) is 0 Å². The lowest BCUT2D eigenvalue weighted by Gasteiger charge is -2.17. The Kier molecular flexibility index (Phi) is 8.61. The highest BCUT2D eigenvalue weighted by Crippen LogP contribution is 2.45. The molecule has 4 heterocycles. The predicted octanol–water partition coefficient (Wildman–Crippen LogP) is 14.7. The van der Waals surface area contributed by atoms with Crippen LogP contribution in [0.25, 0.3) is 115 Å². The molecule has 0 unspecified atom stereocenters. The molecule has 6 heteroatoms. The molecule has 290 valence electrons. The Morgan fingerprint density at radius 1 is 0.355 bits per heavy atom. The highest BCUT2D eigenvalue weighted by atomic mass is 32.1. The van der Waals surface area contributed by atoms with Crippen molar-refractivity contribution < 1.29 is 0 Å². The van der Waals surface area contributed by atoms with Crippen LogP contribution in [0.3, 0.4) is 0 Å². The Morgan fingerprint density at radius 3 is 1.61 bits per heavy atom. The Labute approximate surface area is 361 Å². The summed E-state index contributed by atoms with van der Waals surface area (Å²) in [7, 11) is 0. The third-order valence-corrected chi connectivity index (χ3v) is 12.9. The van der Waals surface area contributed by atoms with Gasteiger partial charge in [0.1, 0.15) is 5.82 Å². The topological polar surface area (TPSA) is 56.5 Å². The quantitative estimate of drug-likeness (QED) is 0.161. The number of thiophene rings is 1. The van der Waals surface area contributed by atoms with Crippen molar-refractivity contribution in [2.75, 3.05) is 0 Å². The van der Waals surface area contributed by atoms with Crippen LogP contribution in [-0.2, 0) is 0 Å². The van der Waals surface area contributed by atoms with E-state index in [9.17, 15) is 0 Å². The molecular formula is C56H35N5S. The number of hydrogen-bond acceptors (Lipinski definition) is 5. The average molecular weight is 810 g/mol. The van der Waals surface area contributed by atoms with Crippen LogP contribution >= 0.6 is 11.3 Å². The molecule has 4 aromatic heterocycles. The van der Waals surface area contributed by atoms with Gasteiger partial charge in [0, 0.05) is 53.8 Å². The number of pyridine rings is 1. The first-order valence-corrected chi connectivity index (χ1v) is 21.5. The van der Waals surface area contributed by atoms with E-state index < -0.39 is 0 Å². The molecule has 0 saturated carbocycles. The lowest BCUT2D eigenvalue weighted by atomic mass is 9.91. The summed E-state index contributed by atoms with van der Waals surface area (Å²) in [5, 5.41) is 4.91. The molecule has 0 aliphatic heterocycles. The van der Waals surface area contributed by atoms with Crippen molar-refractivity contribution in [1.82, 2.24) is 24.5 Å². The first-order chi connectivity index (χ1) is 30.7. The third-order valence-electron chi connectivity index (χ3n) is 11.7. The second kappa shape index (κ2) is 14.9. The molecule has 0 N–H and O–H groups in total. The minimum Gasteiger partial charge on any atom is -0.293 e. The molecule has 0 aliphatic rings. The van der Waals surface area contributed by atoms with E-state index in [4.69, 9.17) is 19.9 Å². The van der Waals surface area contributed by atoms with E-state index in [0.29, 0.717) is 17.5 Å². The fourth-order valence-corrected chi connectivity index (χ4v) is 10.1. The van der Waals surface area contributed by atoms with Crippen molar-refractivity contribution in [1.29, 1.82) is 0 Å². The molecule has 0 aliphatic carbocycles. The number of nitrogens with zero attached hydrogens (tertiary/aromatic N) is 5. The molecule has 62 heavy (non-hydrogen) atoms. The Bertz CT molecular complexity index is 3560. The van der Waals surface area contributed by atoms with Gasteiger partial charge < -0.3 is 0 Å². The number of para-hydroxylation sites is 1. The van der Waals surface area contributed by atoms with Crippen LogP contribution in [0.5, 0.6) is 0 Å². The van der Waals surface area contributed by atoms with Crippen molar-refractivity contribution in [3.8, 4) is 73.4 Å². The second-order valence-corrected chi connectivity index (χ2v) is 16.5. The zero-order valence-corrected chi connectivity index (χ0v) is 34.2. The normalized spacial score (nSPS) is 11.5. The van der Waals surface area contributed by atoms with Gasteiger partial charge in [-0.05, 0) is 58.1 Å². The maximum absolute atomic E-state index is 5.50. The first-order valence-electron chi connectivity index (χ1n) is 20.7. The van der Waals surface area contributed by atoms with Crippen LogP contribution < -0.4 is 0 Å². The zero-order chi connectivity index (χ0) is 41.0. The Balaban J connectivity index is 1.18. The summed E-state index contributed by atoms with van der Waals surface area (Å²) in [4.78, 5) is 21.2. The van der Waals surface area contributed by atoms with Gasteiger partial charge in [-0.3, -0.25) is 4.57 Å². The van der Waals surface area contributed by atoms with Crippen LogP contribution in [0.1, 0.15) is 0 Å². The predicted molar refractivity (Wildman–Crippen MR) is 257 cm³/mol. The molecule has 0 radical (unpaired) electrons. The first kappa shape index (κ1) is 35.8. The molecule has 12 rings (SSSR count). The molecule has 0 bridgehead atoms. The van der Waals surface area contributed by atoms with Crippen molar-refractivity contribution in [3.63, 3.8) is 0 Å². The monoisotopic (exact) mass is 809 g/mol. The van der Waals surface area contributed by atoms with E-state index in [-0.39, 0.29) is 0 Å². The van der Waals surface area contributed by atoms with Gasteiger partial charge in [0.25, 0.3) is 0 Å². The second-order valence-electron chi connectivity index (χ2n) is 15.4. The Hall–Kier alpha value is -8.06. The van der Waals surface area contributed by atoms with E-state index in [1.54, 1.807) is 0 Å². The van der Waals surface area contributed by atoms with E-state index in [0.717, 1.165) is 66.9 Å². The minimum atomic E-state index is 0.538. The minimum absolute atomic E-state index is 0.538. The highest BCUT2D eigenvalue weighted by Gasteiger charge is 2.24. The van der Waals surface area contributed by atoms with Crippen LogP contribution in [0.15, 0.2) is 212 Å². The summed E-state index contributed by atoms with van der Waals surface area (Å²) in [5.74, 6) is 2.47. The maximum atomic E-state index is 5.50. The fourth-order valence-electron chi connectivity index (χ4n) is 8.80. The molecule has 0 atom stereocenters. The van der Waals surface area contributed by atoms with Crippen LogP contribution in [0.4, 0.5) is 0 Å². The van der Waals surface area contributed by atoms with Gasteiger partial charge in [0.05, 0.1) is 16.6 Å². The van der Waals surface area contributed by atoms with Crippen molar-refractivity contribution >= 4 is 53.3 Å². The lowest BCUT2D eigenvalue weighted by Crippen LogP contribution is -2.06. The van der Waals surface area contributed by atoms with E-state index in [1.807, 2.05) is 78.2 Å². The summed E-state index contributed by atoms with van der Waals surface area (Å²) < 4.78 is 4.84. The molecule has 12 aromatic rings. The number of rotatable bonds is 7. The largest absolute Gasteiger partial charge is 0.293 e. The van der Waals surface area contributed by atoms with Gasteiger partial charge >= 0.3 is 0 Å². The summed E-state index contributed by atoms with van der Waals surface area (Å²) >= 11 is 1.85. The van der Waals surface area contributed by atoms with Crippen LogP contribution in [0.2, 0.25) is 0 Å². The van der Waals surface area contributed by atoms with Crippen molar-refractivity contribution in [2.45, 2.75) is 0 Å². The third kappa shape index (κ3) is 6.08. The maximum Gasteiger partial charge on any atom is 0.167 e. The number of aromatic nitrogens is 5. The number of benzene rings is 8. The molecule has 0 fully saturated rings. The van der Waals surface area contributed by atoms with Gasteiger partial charge in [0.2, 0.25) is 0 Å². The summed E-state index contributed by atoms with van der Waals surface area (Å²) in [5.41, 5.74) is 11.3. The van der Waals surface area contributed by atoms with Gasteiger partial charge in [0.15, 0.2) is 17.5 Å². The number of fused-ring (bicyclic) bond motifs is 7. The summed E-state index contributed by atoms with van der Waals surface area (Å²) in [6.07, 6.45) is 2.02. The molecule has 0 saturated heterocycles. The molecule has 0 spiro atoms. The standard InChI is InChI=1S/C56H35N5S/c1-5-17-36(18-6-1)40-29-30-42(37-19-7-2-8-20-37)46(33-40)41-34-47(55-59-53(38-21-9-3-10-22-38)58-54(60-55)39-23-11-4-12-24-39)56(57-35-41)61-48-27-15-13-26-45(48)51-49(61)32-31-44-43-25-14-16-28-50(43)62-52(44)51/h1-35H. The van der Waals surface area contributed by atoms with E-state index in [2.05, 4.69) is 150 Å². The van der Waals surface area contributed by atoms with Gasteiger partial charge in [-0.25, -0.2) is 19.9 Å². The molecule has 5 nitrogen and oxygen atoms in total. The van der Waals surface area contributed by atoms with E-state index in [1.165, 1.54) is 30.9 Å². The molecule has 8 aromatic carbocycles. The highest BCUT2D eigenvalue weighted by molar-refractivity contribution is 7.26. The van der Waals surface area contributed by atoms with Crippen LogP contribution in [0, 0.1) is 0 Å². The fraction of sp³-hybridized carbons (Fsp3) is 0. The smallest absolute Gasteiger partial charge is 0.167 e. The van der Waals surface area contributed by atoms with Crippen molar-refractivity contribution in [3.05, 3.63) is 212 Å². The van der Waals surface area contributed by atoms with E-state index >= 15 is 0 Å². The van der Waals surface area contributed by atoms with Crippen LogP contribution in [-0.4, -0.2) is 24.5 Å². The van der Waals surface area contributed by atoms with Gasteiger partial charge in [-0.1, -0.05) is 176 Å². The Morgan fingerprint density at radius 2 is 0.919 bits per heavy atom. The number of hydrogen-bond donors (Lipinski definition) is 0. The van der Waals surface area contributed by atoms with Gasteiger partial charge in [-0.2, -0.15) is 0 Å². The zero-order valence-electron chi connectivity index (χ0n) is 33.4. The molecular weight excluding hydrogens is 775 g/mol. The lowest BCUT2D eigenvalue weighted by molar-refractivity contribution is 1.04. The molecule has 0 amide bonds. The average Bonchev–Trinajstić information content (AvgIpc) is 3.90. The van der Waals surface area contributed by atoms with Gasteiger partial charge in [-0.15, -0.1) is 11.3 Å². The summed E-state index contributed by atoms with van der Waals surface area (Å²) in [6.45, 7) is 0.